The summed E-state index contributed by atoms with van der Waals surface area (Å²) in [6, 6.07) is 14.1. The molecule has 0 aliphatic rings. The van der Waals surface area contributed by atoms with E-state index < -0.39 is 0 Å². The number of nitrogens with one attached hydrogen (secondary N) is 1. The first-order valence-electron chi connectivity index (χ1n) is 5.29. The summed E-state index contributed by atoms with van der Waals surface area (Å²) >= 11 is 1.64. The first kappa shape index (κ1) is 10.3. The molecular formula is C13H11N3S. The zero-order valence-corrected chi connectivity index (χ0v) is 9.87. The lowest BCUT2D eigenvalue weighted by Crippen LogP contribution is -2.07. The van der Waals surface area contributed by atoms with Crippen molar-refractivity contribution in [1.82, 2.24) is 4.98 Å². The summed E-state index contributed by atoms with van der Waals surface area (Å²) in [5.41, 5.74) is 6.66. The molecule has 84 valence electrons. The van der Waals surface area contributed by atoms with Crippen LogP contribution >= 0.6 is 11.3 Å². The fourth-order valence-corrected chi connectivity index (χ4v) is 2.63. The molecule has 0 fully saturated rings. The summed E-state index contributed by atoms with van der Waals surface area (Å²) in [4.78, 5) is 4.63. The summed E-state index contributed by atoms with van der Waals surface area (Å²) in [5.74, 6) is 5.55. The number of nitrogens with two attached hydrogens (primary N) is 1. The minimum Gasteiger partial charge on any atom is -0.323 e. The Hall–Kier alpha value is -1.91. The zero-order valence-electron chi connectivity index (χ0n) is 9.05. The molecule has 0 atom stereocenters. The maximum Gasteiger partial charge on any atom is 0.0838 e. The molecule has 4 heteroatoms. The quantitative estimate of drug-likeness (QED) is 0.535. The molecule has 1 aromatic carbocycles. The van der Waals surface area contributed by atoms with Gasteiger partial charge in [-0.15, -0.1) is 11.3 Å². The maximum absolute atomic E-state index is 5.55. The third-order valence-corrected chi connectivity index (χ3v) is 3.57. The second-order valence-electron chi connectivity index (χ2n) is 3.70. The van der Waals surface area contributed by atoms with Gasteiger partial charge in [0.15, 0.2) is 0 Å². The molecule has 0 aliphatic carbocycles. The molecule has 0 radical (unpaired) electrons. The molecular weight excluding hydrogens is 230 g/mol. The van der Waals surface area contributed by atoms with E-state index in [0.29, 0.717) is 0 Å². The molecule has 3 nitrogen and oxygen atoms in total. The fraction of sp³-hybridized carbons (Fsp3) is 0. The van der Waals surface area contributed by atoms with Gasteiger partial charge in [0.1, 0.15) is 0 Å². The molecule has 3 aromatic rings. The van der Waals surface area contributed by atoms with Gasteiger partial charge in [0.25, 0.3) is 0 Å². The summed E-state index contributed by atoms with van der Waals surface area (Å²) in [7, 11) is 0. The molecule has 2 heterocycles. The predicted octanol–water partition coefficient (Wildman–Crippen LogP) is 3.25. The van der Waals surface area contributed by atoms with Crippen LogP contribution in [0.5, 0.6) is 0 Å². The molecule has 0 bridgehead atoms. The highest BCUT2D eigenvalue weighted by atomic mass is 32.1. The van der Waals surface area contributed by atoms with E-state index in [0.717, 1.165) is 27.2 Å². The van der Waals surface area contributed by atoms with Crippen molar-refractivity contribution in [1.29, 1.82) is 0 Å². The third-order valence-electron chi connectivity index (χ3n) is 2.64. The van der Waals surface area contributed by atoms with E-state index >= 15 is 0 Å². The number of hydrogen-bond donors (Lipinski definition) is 2. The van der Waals surface area contributed by atoms with Gasteiger partial charge in [-0.2, -0.15) is 0 Å². The average molecular weight is 241 g/mol. The van der Waals surface area contributed by atoms with Crippen LogP contribution in [0.3, 0.4) is 0 Å². The standard InChI is InChI=1S/C13H11N3S/c14-16-12-8-11(9-4-2-1-3-5-9)15-10-6-7-17-13(10)12/h1-8H,14H2,(H,15,16). The largest absolute Gasteiger partial charge is 0.323 e. The number of nitrogens with zero attached hydrogens (tertiary/aromatic N) is 1. The Morgan fingerprint density at radius 3 is 2.71 bits per heavy atom. The van der Waals surface area contributed by atoms with Crippen molar-refractivity contribution in [3.05, 3.63) is 47.8 Å². The second kappa shape index (κ2) is 4.16. The van der Waals surface area contributed by atoms with Gasteiger partial charge in [0.2, 0.25) is 0 Å². The number of hydrazine groups is 1. The Balaban J connectivity index is 2.24. The Bertz CT molecular complexity index is 646. The molecule has 3 N–H and O–H groups in total. The van der Waals surface area contributed by atoms with Crippen molar-refractivity contribution < 1.29 is 0 Å². The Labute approximate surface area is 103 Å². The van der Waals surface area contributed by atoms with Gasteiger partial charge < -0.3 is 5.43 Å². The number of anilines is 1. The molecule has 0 saturated heterocycles. The number of rotatable bonds is 2. The van der Waals surface area contributed by atoms with Gasteiger partial charge >= 0.3 is 0 Å². The van der Waals surface area contributed by atoms with Crippen LogP contribution in [0.2, 0.25) is 0 Å². The van der Waals surface area contributed by atoms with Gasteiger partial charge in [-0.05, 0) is 17.5 Å². The van der Waals surface area contributed by atoms with Crippen LogP contribution in [0.4, 0.5) is 5.69 Å². The molecule has 0 aliphatic heterocycles. The minimum absolute atomic E-state index is 0.920. The molecule has 0 spiro atoms. The zero-order chi connectivity index (χ0) is 11.7. The minimum atomic E-state index is 0.920. The maximum atomic E-state index is 5.55. The van der Waals surface area contributed by atoms with Crippen molar-refractivity contribution in [2.45, 2.75) is 0 Å². The van der Waals surface area contributed by atoms with Crippen LogP contribution in [0.1, 0.15) is 0 Å². The summed E-state index contributed by atoms with van der Waals surface area (Å²) in [6.45, 7) is 0. The molecule has 0 amide bonds. The monoisotopic (exact) mass is 241 g/mol. The fourth-order valence-electron chi connectivity index (χ4n) is 1.82. The lowest BCUT2D eigenvalue weighted by atomic mass is 10.1. The Kier molecular flexibility index (Phi) is 2.51. The van der Waals surface area contributed by atoms with Crippen molar-refractivity contribution in [3.8, 4) is 11.3 Å². The normalized spacial score (nSPS) is 10.6. The summed E-state index contributed by atoms with van der Waals surface area (Å²) in [5, 5.41) is 2.02. The second-order valence-corrected chi connectivity index (χ2v) is 4.62. The van der Waals surface area contributed by atoms with E-state index in [2.05, 4.69) is 10.4 Å². The first-order chi connectivity index (χ1) is 8.38. The van der Waals surface area contributed by atoms with Crippen molar-refractivity contribution in [2.24, 2.45) is 5.84 Å². The number of aromatic nitrogens is 1. The highest BCUT2D eigenvalue weighted by Crippen LogP contribution is 2.31. The van der Waals surface area contributed by atoms with Crippen LogP contribution in [0, 0.1) is 0 Å². The van der Waals surface area contributed by atoms with Crippen LogP contribution in [-0.2, 0) is 0 Å². The van der Waals surface area contributed by atoms with Gasteiger partial charge in [0, 0.05) is 5.56 Å². The van der Waals surface area contributed by atoms with E-state index in [9.17, 15) is 0 Å². The number of fused-ring (bicyclic) bond motifs is 1. The number of benzene rings is 1. The molecule has 17 heavy (non-hydrogen) atoms. The predicted molar refractivity (Wildman–Crippen MR) is 72.9 cm³/mol. The number of pyridine rings is 1. The van der Waals surface area contributed by atoms with Crippen molar-refractivity contribution in [2.75, 3.05) is 5.43 Å². The highest BCUT2D eigenvalue weighted by molar-refractivity contribution is 7.17. The molecule has 3 rings (SSSR count). The Morgan fingerprint density at radius 2 is 1.94 bits per heavy atom. The van der Waals surface area contributed by atoms with E-state index in [4.69, 9.17) is 5.84 Å². The van der Waals surface area contributed by atoms with Gasteiger partial charge in [-0.3, -0.25) is 5.84 Å². The van der Waals surface area contributed by atoms with Crippen LogP contribution < -0.4 is 11.3 Å². The van der Waals surface area contributed by atoms with Gasteiger partial charge in [0.05, 0.1) is 21.6 Å². The van der Waals surface area contributed by atoms with E-state index in [1.165, 1.54) is 0 Å². The SMILES string of the molecule is NNc1cc(-c2ccccc2)nc2ccsc12. The summed E-state index contributed by atoms with van der Waals surface area (Å²) < 4.78 is 1.09. The van der Waals surface area contributed by atoms with Crippen LogP contribution in [-0.4, -0.2) is 4.98 Å². The topological polar surface area (TPSA) is 50.9 Å². The molecule has 0 unspecified atom stereocenters. The lowest BCUT2D eigenvalue weighted by Gasteiger charge is -2.06. The number of hydrogen-bond acceptors (Lipinski definition) is 4. The Morgan fingerprint density at radius 1 is 1.12 bits per heavy atom. The molecule has 2 aromatic heterocycles. The number of nitrogen functional groups attached to an aromatic ring is 1. The first-order valence-corrected chi connectivity index (χ1v) is 6.17. The van der Waals surface area contributed by atoms with Gasteiger partial charge in [-0.1, -0.05) is 30.3 Å². The van der Waals surface area contributed by atoms with Crippen LogP contribution in [0.25, 0.3) is 21.5 Å². The molecule has 0 saturated carbocycles. The third kappa shape index (κ3) is 1.77. The average Bonchev–Trinajstić information content (AvgIpc) is 2.86. The van der Waals surface area contributed by atoms with Gasteiger partial charge in [-0.25, -0.2) is 4.98 Å². The lowest BCUT2D eigenvalue weighted by molar-refractivity contribution is 1.34. The highest BCUT2D eigenvalue weighted by Gasteiger charge is 2.07. The van der Waals surface area contributed by atoms with E-state index in [-0.39, 0.29) is 0 Å². The summed E-state index contributed by atoms with van der Waals surface area (Å²) in [6.07, 6.45) is 0. The van der Waals surface area contributed by atoms with E-state index in [1.54, 1.807) is 11.3 Å². The smallest absolute Gasteiger partial charge is 0.0838 e. The number of thiophene rings is 1. The van der Waals surface area contributed by atoms with E-state index in [1.807, 2.05) is 47.8 Å². The van der Waals surface area contributed by atoms with Crippen molar-refractivity contribution in [3.63, 3.8) is 0 Å². The van der Waals surface area contributed by atoms with Crippen LogP contribution in [0.15, 0.2) is 47.8 Å². The van der Waals surface area contributed by atoms with Crippen molar-refractivity contribution >= 4 is 27.2 Å².